The van der Waals surface area contributed by atoms with Gasteiger partial charge in [-0.15, -0.1) is 0 Å². The first-order valence-corrected chi connectivity index (χ1v) is 8.74. The summed E-state index contributed by atoms with van der Waals surface area (Å²) in [5.74, 6) is 0.646. The van der Waals surface area contributed by atoms with Crippen LogP contribution in [0.3, 0.4) is 0 Å². The third kappa shape index (κ3) is 3.81. The van der Waals surface area contributed by atoms with Gasteiger partial charge in [0.15, 0.2) is 0 Å². The Morgan fingerprint density at radius 3 is 2.77 bits per heavy atom. The van der Waals surface area contributed by atoms with Gasteiger partial charge in [0.2, 0.25) is 0 Å². The van der Waals surface area contributed by atoms with E-state index in [1.807, 2.05) is 42.6 Å². The van der Waals surface area contributed by atoms with Gasteiger partial charge in [-0.1, -0.05) is 24.3 Å². The Morgan fingerprint density at radius 2 is 1.96 bits per heavy atom. The van der Waals surface area contributed by atoms with E-state index in [2.05, 4.69) is 26.3 Å². The summed E-state index contributed by atoms with van der Waals surface area (Å²) in [6.07, 6.45) is 5.21. The van der Waals surface area contributed by atoms with Gasteiger partial charge in [0.25, 0.3) is 5.89 Å². The van der Waals surface area contributed by atoms with Crippen molar-refractivity contribution in [1.29, 1.82) is 0 Å². The van der Waals surface area contributed by atoms with Gasteiger partial charge in [-0.2, -0.15) is 0 Å². The zero-order valence-electron chi connectivity index (χ0n) is 14.4. The van der Waals surface area contributed by atoms with Crippen LogP contribution in [-0.4, -0.2) is 33.9 Å². The largest absolute Gasteiger partial charge is 0.437 e. The number of fused-ring (bicyclic) bond motifs is 1. The van der Waals surface area contributed by atoms with Gasteiger partial charge in [-0.25, -0.2) is 4.98 Å². The zero-order valence-corrected chi connectivity index (χ0v) is 14.4. The van der Waals surface area contributed by atoms with Crippen molar-refractivity contribution in [2.24, 2.45) is 0 Å². The molecule has 0 unspecified atom stereocenters. The molecule has 0 fully saturated rings. The highest BCUT2D eigenvalue weighted by molar-refractivity contribution is 6.00. The van der Waals surface area contributed by atoms with E-state index in [4.69, 9.17) is 4.42 Å². The number of carbonyl (C=O) groups excluding carboxylic acids is 1. The van der Waals surface area contributed by atoms with Gasteiger partial charge in [0.05, 0.1) is 5.69 Å². The molecule has 26 heavy (non-hydrogen) atoms. The summed E-state index contributed by atoms with van der Waals surface area (Å²) in [5.41, 5.74) is 2.81. The summed E-state index contributed by atoms with van der Waals surface area (Å²) in [4.78, 5) is 23.3. The van der Waals surface area contributed by atoms with E-state index in [-0.39, 0.29) is 11.8 Å². The Balaban J connectivity index is 1.40. The van der Waals surface area contributed by atoms with Crippen molar-refractivity contribution in [3.8, 4) is 0 Å². The molecule has 0 spiro atoms. The predicted molar refractivity (Wildman–Crippen MR) is 97.8 cm³/mol. The number of oxazole rings is 1. The quantitative estimate of drug-likeness (QED) is 0.785. The SMILES string of the molecule is O=C(Nc1ccccc1)c1nc2c(o1)CCN(Cc1cccnc1)CC2. The van der Waals surface area contributed by atoms with Gasteiger partial charge in [0.1, 0.15) is 5.76 Å². The number of pyridine rings is 1. The van der Waals surface area contributed by atoms with Gasteiger partial charge in [0, 0.05) is 50.6 Å². The number of carbonyl (C=O) groups is 1. The summed E-state index contributed by atoms with van der Waals surface area (Å²) in [6.45, 7) is 2.62. The number of benzene rings is 1. The van der Waals surface area contributed by atoms with Crippen LogP contribution >= 0.6 is 0 Å². The minimum absolute atomic E-state index is 0.138. The lowest BCUT2D eigenvalue weighted by Crippen LogP contribution is -2.26. The van der Waals surface area contributed by atoms with Crippen LogP contribution in [0, 0.1) is 0 Å². The molecular weight excluding hydrogens is 328 g/mol. The lowest BCUT2D eigenvalue weighted by molar-refractivity contribution is 0.0988. The lowest BCUT2D eigenvalue weighted by atomic mass is 10.2. The monoisotopic (exact) mass is 348 g/mol. The van der Waals surface area contributed by atoms with Crippen LogP contribution in [0.15, 0.2) is 59.3 Å². The molecule has 2 aromatic heterocycles. The molecule has 0 radical (unpaired) electrons. The molecule has 1 aliphatic rings. The van der Waals surface area contributed by atoms with Gasteiger partial charge in [-0.05, 0) is 23.8 Å². The van der Waals surface area contributed by atoms with Crippen LogP contribution in [0.5, 0.6) is 0 Å². The number of hydrogen-bond donors (Lipinski definition) is 1. The van der Waals surface area contributed by atoms with E-state index in [1.165, 1.54) is 5.56 Å². The first kappa shape index (κ1) is 16.5. The molecule has 6 nitrogen and oxygen atoms in total. The summed E-state index contributed by atoms with van der Waals surface area (Å²) >= 11 is 0. The van der Waals surface area contributed by atoms with Crippen molar-refractivity contribution in [2.75, 3.05) is 18.4 Å². The average Bonchev–Trinajstić information content (AvgIpc) is 3.00. The number of para-hydroxylation sites is 1. The number of hydrogen-bond acceptors (Lipinski definition) is 5. The number of aromatic nitrogens is 2. The molecular formula is C20H20N4O2. The maximum atomic E-state index is 12.3. The van der Waals surface area contributed by atoms with Gasteiger partial charge < -0.3 is 9.73 Å². The number of anilines is 1. The molecule has 0 bridgehead atoms. The van der Waals surface area contributed by atoms with E-state index in [1.54, 1.807) is 6.20 Å². The Bertz CT molecular complexity index is 852. The molecule has 0 saturated heterocycles. The van der Waals surface area contributed by atoms with Crippen LogP contribution in [0.4, 0.5) is 5.69 Å². The van der Waals surface area contributed by atoms with Crippen LogP contribution < -0.4 is 5.32 Å². The third-order valence-electron chi connectivity index (χ3n) is 4.45. The van der Waals surface area contributed by atoms with Crippen molar-refractivity contribution in [3.05, 3.63) is 77.8 Å². The molecule has 6 heteroatoms. The standard InChI is InChI=1S/C20H20N4O2/c25-19(22-16-6-2-1-3-7-16)20-23-17-8-11-24(12-9-18(17)26-20)14-15-5-4-10-21-13-15/h1-7,10,13H,8-9,11-12,14H2,(H,22,25). The Morgan fingerprint density at radius 1 is 1.12 bits per heavy atom. The van der Waals surface area contributed by atoms with Gasteiger partial charge in [-0.3, -0.25) is 14.7 Å². The highest BCUT2D eigenvalue weighted by Gasteiger charge is 2.22. The summed E-state index contributed by atoms with van der Waals surface area (Å²) < 4.78 is 5.76. The molecule has 3 aromatic rings. The smallest absolute Gasteiger partial charge is 0.311 e. The Kier molecular flexibility index (Phi) is 4.75. The van der Waals surface area contributed by atoms with Crippen molar-refractivity contribution < 1.29 is 9.21 Å². The summed E-state index contributed by atoms with van der Waals surface area (Å²) in [7, 11) is 0. The van der Waals surface area contributed by atoms with Gasteiger partial charge >= 0.3 is 5.91 Å². The first-order valence-electron chi connectivity index (χ1n) is 8.74. The highest BCUT2D eigenvalue weighted by atomic mass is 16.4. The van der Waals surface area contributed by atoms with Crippen LogP contribution in [0.1, 0.15) is 27.7 Å². The number of nitrogens with zero attached hydrogens (tertiary/aromatic N) is 3. The highest BCUT2D eigenvalue weighted by Crippen LogP contribution is 2.19. The van der Waals surface area contributed by atoms with E-state index in [0.29, 0.717) is 0 Å². The molecule has 1 N–H and O–H groups in total. The minimum atomic E-state index is -0.309. The predicted octanol–water partition coefficient (Wildman–Crippen LogP) is 2.92. The summed E-state index contributed by atoms with van der Waals surface area (Å²) in [6, 6.07) is 13.4. The maximum absolute atomic E-state index is 12.3. The van der Waals surface area contributed by atoms with Crippen molar-refractivity contribution in [1.82, 2.24) is 14.9 Å². The number of rotatable bonds is 4. The summed E-state index contributed by atoms with van der Waals surface area (Å²) in [5, 5.41) is 2.81. The molecule has 1 amide bonds. The second-order valence-electron chi connectivity index (χ2n) is 6.35. The second-order valence-corrected chi connectivity index (χ2v) is 6.35. The fourth-order valence-corrected chi connectivity index (χ4v) is 3.12. The molecule has 0 saturated carbocycles. The Hall–Kier alpha value is -2.99. The van der Waals surface area contributed by atoms with Crippen LogP contribution in [0.2, 0.25) is 0 Å². The van der Waals surface area contributed by atoms with Crippen LogP contribution in [-0.2, 0) is 19.4 Å². The Labute approximate surface area is 151 Å². The minimum Gasteiger partial charge on any atom is -0.437 e. The molecule has 1 aromatic carbocycles. The second kappa shape index (κ2) is 7.49. The number of nitrogens with one attached hydrogen (secondary N) is 1. The maximum Gasteiger partial charge on any atom is 0.311 e. The lowest BCUT2D eigenvalue weighted by Gasteiger charge is -2.19. The molecule has 1 aliphatic heterocycles. The normalized spacial score (nSPS) is 14.5. The van der Waals surface area contributed by atoms with Crippen LogP contribution in [0.25, 0.3) is 0 Å². The molecule has 132 valence electrons. The van der Waals surface area contributed by atoms with E-state index >= 15 is 0 Å². The zero-order chi connectivity index (χ0) is 17.8. The fourth-order valence-electron chi connectivity index (χ4n) is 3.12. The average molecular weight is 348 g/mol. The molecule has 4 rings (SSSR count). The van der Waals surface area contributed by atoms with E-state index < -0.39 is 0 Å². The molecule has 0 aliphatic carbocycles. The van der Waals surface area contributed by atoms with Crippen molar-refractivity contribution in [3.63, 3.8) is 0 Å². The van der Waals surface area contributed by atoms with E-state index in [0.717, 1.165) is 49.6 Å². The number of amides is 1. The van der Waals surface area contributed by atoms with E-state index in [9.17, 15) is 4.79 Å². The third-order valence-corrected chi connectivity index (χ3v) is 4.45. The first-order chi connectivity index (χ1) is 12.8. The van der Waals surface area contributed by atoms with Crippen molar-refractivity contribution in [2.45, 2.75) is 19.4 Å². The topological polar surface area (TPSA) is 71.3 Å². The van der Waals surface area contributed by atoms with Crippen molar-refractivity contribution >= 4 is 11.6 Å². The molecule has 0 atom stereocenters. The fraction of sp³-hybridized carbons (Fsp3) is 0.250. The molecule has 3 heterocycles.